The SMILES string of the molecule is C=C1CN(C(=O)OC(C)(C)C)CCC12COC(CCCN(Cc1ccc(OC)c(F)c1)c1ccc(C#N)cc1)OC2. The summed E-state index contributed by atoms with van der Waals surface area (Å²) in [7, 11) is 1.45. The normalized spacial score (nSPS) is 20.9. The first-order valence-electron chi connectivity index (χ1n) is 14.0. The quantitative estimate of drug-likeness (QED) is 0.360. The molecule has 0 saturated carbocycles. The second-order valence-electron chi connectivity index (χ2n) is 11.8. The predicted molar refractivity (Wildman–Crippen MR) is 154 cm³/mol. The largest absolute Gasteiger partial charge is 0.494 e. The Labute approximate surface area is 242 Å². The number of nitrogens with zero attached hydrogens (tertiary/aromatic N) is 3. The lowest BCUT2D eigenvalue weighted by atomic mass is 9.76. The van der Waals surface area contributed by atoms with Crippen LogP contribution in [0.25, 0.3) is 0 Å². The number of likely N-dealkylation sites (tertiary alicyclic amines) is 1. The maximum absolute atomic E-state index is 14.4. The Morgan fingerprint density at radius 1 is 1.22 bits per heavy atom. The summed E-state index contributed by atoms with van der Waals surface area (Å²) in [5.41, 5.74) is 2.42. The van der Waals surface area contributed by atoms with Crippen LogP contribution in [0.1, 0.15) is 51.2 Å². The number of hydrogen-bond acceptors (Lipinski definition) is 7. The van der Waals surface area contributed by atoms with Crippen molar-refractivity contribution in [3.8, 4) is 11.8 Å². The molecule has 0 atom stereocenters. The van der Waals surface area contributed by atoms with Crippen LogP contribution in [-0.4, -0.2) is 62.8 Å². The summed E-state index contributed by atoms with van der Waals surface area (Å²) in [6.07, 6.45) is 1.52. The van der Waals surface area contributed by atoms with E-state index in [0.29, 0.717) is 57.8 Å². The molecule has 220 valence electrons. The topological polar surface area (TPSA) is 84.3 Å². The van der Waals surface area contributed by atoms with Crippen molar-refractivity contribution >= 4 is 11.8 Å². The maximum atomic E-state index is 14.4. The van der Waals surface area contributed by atoms with Gasteiger partial charge in [-0.25, -0.2) is 9.18 Å². The minimum Gasteiger partial charge on any atom is -0.494 e. The summed E-state index contributed by atoms with van der Waals surface area (Å²) < 4.78 is 37.2. The molecule has 1 amide bonds. The molecule has 2 aliphatic heterocycles. The molecule has 4 rings (SSSR count). The highest BCUT2D eigenvalue weighted by Gasteiger charge is 2.43. The second-order valence-corrected chi connectivity index (χ2v) is 11.8. The first-order valence-corrected chi connectivity index (χ1v) is 14.0. The minimum absolute atomic E-state index is 0.209. The zero-order chi connectivity index (χ0) is 29.6. The van der Waals surface area contributed by atoms with Crippen LogP contribution < -0.4 is 9.64 Å². The molecule has 0 N–H and O–H groups in total. The molecular weight excluding hydrogens is 525 g/mol. The van der Waals surface area contributed by atoms with Gasteiger partial charge in [0.2, 0.25) is 0 Å². The summed E-state index contributed by atoms with van der Waals surface area (Å²) in [6.45, 7) is 13.0. The predicted octanol–water partition coefficient (Wildman–Crippen LogP) is 6.05. The molecule has 0 radical (unpaired) electrons. The number of benzene rings is 2. The van der Waals surface area contributed by atoms with Crippen molar-refractivity contribution in [1.29, 1.82) is 5.26 Å². The van der Waals surface area contributed by atoms with Gasteiger partial charge < -0.3 is 28.7 Å². The molecule has 0 unspecified atom stereocenters. The van der Waals surface area contributed by atoms with Crippen molar-refractivity contribution < 1.29 is 28.1 Å². The lowest BCUT2D eigenvalue weighted by Gasteiger charge is -2.46. The summed E-state index contributed by atoms with van der Waals surface area (Å²) in [5, 5.41) is 9.18. The van der Waals surface area contributed by atoms with Gasteiger partial charge in [0.25, 0.3) is 0 Å². The molecule has 0 bridgehead atoms. The molecule has 8 nitrogen and oxygen atoms in total. The fourth-order valence-electron chi connectivity index (χ4n) is 5.12. The number of rotatable bonds is 8. The van der Waals surface area contributed by atoms with Crippen LogP contribution in [0.15, 0.2) is 54.6 Å². The van der Waals surface area contributed by atoms with E-state index in [1.54, 1.807) is 23.1 Å². The van der Waals surface area contributed by atoms with Crippen LogP contribution >= 0.6 is 0 Å². The number of carbonyl (C=O) groups excluding carboxylic acids is 1. The van der Waals surface area contributed by atoms with Crippen molar-refractivity contribution in [1.82, 2.24) is 4.90 Å². The van der Waals surface area contributed by atoms with E-state index in [1.807, 2.05) is 39.0 Å². The van der Waals surface area contributed by atoms with Crippen LogP contribution in [0.2, 0.25) is 0 Å². The third-order valence-corrected chi connectivity index (χ3v) is 7.55. The van der Waals surface area contributed by atoms with Gasteiger partial charge >= 0.3 is 6.09 Å². The van der Waals surface area contributed by atoms with Gasteiger partial charge in [0.05, 0.1) is 32.0 Å². The van der Waals surface area contributed by atoms with E-state index >= 15 is 0 Å². The molecule has 41 heavy (non-hydrogen) atoms. The van der Waals surface area contributed by atoms with Gasteiger partial charge in [0.1, 0.15) is 5.60 Å². The summed E-state index contributed by atoms with van der Waals surface area (Å²) >= 11 is 0. The zero-order valence-corrected chi connectivity index (χ0v) is 24.5. The van der Waals surface area contributed by atoms with Crippen LogP contribution in [0.4, 0.5) is 14.9 Å². The van der Waals surface area contributed by atoms with Crippen LogP contribution in [0.5, 0.6) is 5.75 Å². The number of halogens is 1. The van der Waals surface area contributed by atoms with Crippen molar-refractivity contribution in [2.45, 2.75) is 58.5 Å². The van der Waals surface area contributed by atoms with Gasteiger partial charge in [0, 0.05) is 43.7 Å². The van der Waals surface area contributed by atoms with E-state index in [9.17, 15) is 14.4 Å². The van der Waals surface area contributed by atoms with Crippen molar-refractivity contribution in [2.24, 2.45) is 5.41 Å². The van der Waals surface area contributed by atoms with Gasteiger partial charge in [-0.15, -0.1) is 0 Å². The molecule has 2 aromatic rings. The zero-order valence-electron chi connectivity index (χ0n) is 24.5. The smallest absolute Gasteiger partial charge is 0.410 e. The van der Waals surface area contributed by atoms with E-state index in [4.69, 9.17) is 18.9 Å². The number of hydrogen-bond donors (Lipinski definition) is 0. The monoisotopic (exact) mass is 565 g/mol. The molecular formula is C32H40FN3O5. The van der Waals surface area contributed by atoms with Crippen LogP contribution in [0, 0.1) is 22.6 Å². The average Bonchev–Trinajstić information content (AvgIpc) is 2.94. The summed E-state index contributed by atoms with van der Waals surface area (Å²) in [5.74, 6) is -0.192. The maximum Gasteiger partial charge on any atom is 0.410 e. The van der Waals surface area contributed by atoms with E-state index in [-0.39, 0.29) is 23.5 Å². The fraction of sp³-hybridized carbons (Fsp3) is 0.500. The Morgan fingerprint density at radius 2 is 1.93 bits per heavy atom. The third kappa shape index (κ3) is 7.78. The van der Waals surface area contributed by atoms with Gasteiger partial charge in [-0.05, 0) is 81.1 Å². The number of ether oxygens (including phenoxy) is 4. The van der Waals surface area contributed by atoms with Gasteiger partial charge in [-0.3, -0.25) is 0 Å². The molecule has 2 aromatic carbocycles. The fourth-order valence-corrected chi connectivity index (χ4v) is 5.12. The Balaban J connectivity index is 1.31. The van der Waals surface area contributed by atoms with E-state index in [2.05, 4.69) is 17.5 Å². The highest BCUT2D eigenvalue weighted by atomic mass is 19.1. The lowest BCUT2D eigenvalue weighted by Crippen LogP contribution is -2.52. The summed E-state index contributed by atoms with van der Waals surface area (Å²) in [6, 6.07) is 14.5. The molecule has 2 fully saturated rings. The molecule has 2 saturated heterocycles. The van der Waals surface area contributed by atoms with E-state index in [0.717, 1.165) is 23.2 Å². The molecule has 2 heterocycles. The number of piperidine rings is 1. The second kappa shape index (κ2) is 12.9. The van der Waals surface area contributed by atoms with Crippen LogP contribution in [0.3, 0.4) is 0 Å². The Morgan fingerprint density at radius 3 is 2.51 bits per heavy atom. The molecule has 2 aliphatic rings. The van der Waals surface area contributed by atoms with E-state index < -0.39 is 11.4 Å². The molecule has 0 aliphatic carbocycles. The minimum atomic E-state index is -0.543. The Kier molecular flexibility index (Phi) is 9.57. The van der Waals surface area contributed by atoms with Crippen molar-refractivity contribution in [3.05, 3.63) is 71.6 Å². The van der Waals surface area contributed by atoms with Crippen molar-refractivity contribution in [2.75, 3.05) is 44.9 Å². The number of methoxy groups -OCH3 is 1. The van der Waals surface area contributed by atoms with Gasteiger partial charge in [-0.1, -0.05) is 12.6 Å². The Bertz CT molecular complexity index is 1260. The van der Waals surface area contributed by atoms with Gasteiger partial charge in [0.15, 0.2) is 17.9 Å². The Hall–Kier alpha value is -3.61. The number of nitriles is 1. The molecule has 1 spiro atoms. The highest BCUT2D eigenvalue weighted by Crippen LogP contribution is 2.40. The van der Waals surface area contributed by atoms with Crippen molar-refractivity contribution in [3.63, 3.8) is 0 Å². The van der Waals surface area contributed by atoms with Crippen LogP contribution in [-0.2, 0) is 20.8 Å². The average molecular weight is 566 g/mol. The van der Waals surface area contributed by atoms with E-state index in [1.165, 1.54) is 13.2 Å². The highest BCUT2D eigenvalue weighted by molar-refractivity contribution is 5.69. The lowest BCUT2D eigenvalue weighted by molar-refractivity contribution is -0.227. The van der Waals surface area contributed by atoms with Gasteiger partial charge in [-0.2, -0.15) is 5.26 Å². The first kappa shape index (κ1) is 30.4. The number of amides is 1. The number of carbonyl (C=O) groups is 1. The molecule has 0 aromatic heterocycles. The standard InChI is InChI=1S/C32H40FN3O5/c1-23-19-36(30(37)41-31(2,3)4)16-14-32(23)21-39-29(40-22-32)7-6-15-35(26-11-8-24(18-34)9-12-26)20-25-10-13-28(38-5)27(33)17-25/h8-13,17,29H,1,6-7,14-16,19-22H2,2-5H3. The molecule has 9 heteroatoms. The number of anilines is 1. The first-order chi connectivity index (χ1) is 19.5. The summed E-state index contributed by atoms with van der Waals surface area (Å²) in [4.78, 5) is 16.4. The third-order valence-electron chi connectivity index (χ3n) is 7.55.